The van der Waals surface area contributed by atoms with E-state index in [1.807, 2.05) is 0 Å². The molecule has 37 heavy (non-hydrogen) atoms. The van der Waals surface area contributed by atoms with Crippen LogP contribution in [0.25, 0.3) is 0 Å². The van der Waals surface area contributed by atoms with E-state index in [2.05, 4.69) is 20.0 Å². The lowest BCUT2D eigenvalue weighted by atomic mass is 9.69. The van der Waals surface area contributed by atoms with Crippen molar-refractivity contribution in [1.82, 2.24) is 15.3 Å². The smallest absolute Gasteiger partial charge is 0.406 e. The van der Waals surface area contributed by atoms with Gasteiger partial charge >= 0.3 is 6.36 Å². The second-order valence-electron chi connectivity index (χ2n) is 8.44. The number of ether oxygens (including phenoxy) is 1. The number of benzene rings is 1. The van der Waals surface area contributed by atoms with Crippen molar-refractivity contribution in [3.8, 4) is 5.75 Å². The lowest BCUT2D eigenvalue weighted by molar-refractivity contribution is -0.274. The maximum Gasteiger partial charge on any atom is 0.573 e. The monoisotopic (exact) mass is 570 g/mol. The molecule has 1 aromatic carbocycles. The number of nitrogens with zero attached hydrogens (tertiary/aromatic N) is 3. The van der Waals surface area contributed by atoms with E-state index in [9.17, 15) is 35.9 Å². The highest BCUT2D eigenvalue weighted by Crippen LogP contribution is 2.40. The zero-order chi connectivity index (χ0) is 27.6. The van der Waals surface area contributed by atoms with E-state index in [0.717, 1.165) is 36.9 Å². The number of carbonyl (C=O) groups is 2. The molecule has 1 N–H and O–H groups in total. The SMILES string of the molecule is B[C@@](C(=O)NC1CCC(F)(F)CC1)(c1cncnc1)N(C(=O)[C@H](F)Cl)c1ccc(OC(F)(F)F)cc1Cl. The first-order chi connectivity index (χ1) is 17.1. The van der Waals surface area contributed by atoms with Crippen molar-refractivity contribution in [3.05, 3.63) is 47.5 Å². The Morgan fingerprint density at radius 2 is 1.78 bits per heavy atom. The molecular formula is C21H19BCl2F6N4O3. The highest BCUT2D eigenvalue weighted by atomic mass is 35.5. The van der Waals surface area contributed by atoms with Gasteiger partial charge in [0.2, 0.25) is 11.8 Å². The molecule has 3 rings (SSSR count). The molecule has 2 aromatic rings. The van der Waals surface area contributed by atoms with Crippen LogP contribution >= 0.6 is 23.2 Å². The molecule has 0 unspecified atom stereocenters. The number of nitrogens with one attached hydrogen (secondary N) is 1. The number of hydrogen-bond donors (Lipinski definition) is 1. The highest BCUT2D eigenvalue weighted by molar-refractivity contribution is 6.40. The Balaban J connectivity index is 2.10. The Morgan fingerprint density at radius 1 is 1.19 bits per heavy atom. The topological polar surface area (TPSA) is 84.4 Å². The summed E-state index contributed by atoms with van der Waals surface area (Å²) < 4.78 is 83.2. The molecule has 1 aliphatic carbocycles. The van der Waals surface area contributed by atoms with Gasteiger partial charge in [0.15, 0.2) is 7.85 Å². The largest absolute Gasteiger partial charge is 0.573 e. The molecule has 0 aliphatic heterocycles. The van der Waals surface area contributed by atoms with Gasteiger partial charge in [-0.05, 0) is 25.0 Å². The van der Waals surface area contributed by atoms with E-state index < -0.39 is 64.8 Å². The molecule has 200 valence electrons. The third-order valence-electron chi connectivity index (χ3n) is 5.87. The summed E-state index contributed by atoms with van der Waals surface area (Å²) >= 11 is 11.6. The van der Waals surface area contributed by atoms with Gasteiger partial charge in [-0.3, -0.25) is 14.5 Å². The lowest BCUT2D eigenvalue weighted by Crippen LogP contribution is -2.62. The Labute approximate surface area is 217 Å². The predicted molar refractivity (Wildman–Crippen MR) is 124 cm³/mol. The van der Waals surface area contributed by atoms with Gasteiger partial charge in [-0.25, -0.2) is 23.1 Å². The van der Waals surface area contributed by atoms with E-state index in [1.54, 1.807) is 0 Å². The van der Waals surface area contributed by atoms with Gasteiger partial charge in [0.25, 0.3) is 11.5 Å². The summed E-state index contributed by atoms with van der Waals surface area (Å²) in [6.45, 7) is 0. The first-order valence-electron chi connectivity index (χ1n) is 10.8. The molecule has 1 aromatic heterocycles. The van der Waals surface area contributed by atoms with Crippen LogP contribution in [0.4, 0.5) is 32.0 Å². The van der Waals surface area contributed by atoms with Crippen LogP contribution in [0.5, 0.6) is 5.75 Å². The first-order valence-corrected chi connectivity index (χ1v) is 11.6. The standard InChI is InChI=1S/C21H19BCl2F6N4O3/c22-20(11-8-31-10-32-9-11,18(36)33-12-3-5-19(26,27)6-4-12)34(17(35)16(24)25)15-2-1-13(7-14(15)23)37-21(28,29)30/h1-2,7-10,12,16H,3-6,22H2,(H,33,36)/t16-,20-/m0/s1. The fraction of sp³-hybridized carbons (Fsp3) is 0.429. The number of carbonyl (C=O) groups excluding carboxylic acids is 2. The van der Waals surface area contributed by atoms with Crippen molar-refractivity contribution < 1.29 is 40.7 Å². The molecule has 1 aliphatic rings. The molecule has 1 fully saturated rings. The molecule has 0 bridgehead atoms. The van der Waals surface area contributed by atoms with E-state index in [-0.39, 0.29) is 24.1 Å². The quantitative estimate of drug-likeness (QED) is 0.308. The summed E-state index contributed by atoms with van der Waals surface area (Å²) in [5.41, 5.74) is -5.31. The summed E-state index contributed by atoms with van der Waals surface area (Å²) in [5, 5.41) is 2.08. The van der Waals surface area contributed by atoms with Crippen LogP contribution in [-0.4, -0.2) is 53.6 Å². The summed E-state index contributed by atoms with van der Waals surface area (Å²) in [4.78, 5) is 34.9. The van der Waals surface area contributed by atoms with Crippen molar-refractivity contribution >= 4 is 48.5 Å². The molecule has 2 atom stereocenters. The van der Waals surface area contributed by atoms with E-state index in [1.165, 1.54) is 7.85 Å². The van der Waals surface area contributed by atoms with E-state index >= 15 is 0 Å². The molecule has 0 radical (unpaired) electrons. The summed E-state index contributed by atoms with van der Waals surface area (Å²) in [5.74, 6) is -6.04. The van der Waals surface area contributed by atoms with Crippen LogP contribution in [0, 0.1) is 0 Å². The van der Waals surface area contributed by atoms with Crippen molar-refractivity contribution in [2.24, 2.45) is 0 Å². The van der Waals surface area contributed by atoms with Gasteiger partial charge in [-0.1, -0.05) is 23.2 Å². The van der Waals surface area contributed by atoms with Gasteiger partial charge in [-0.15, -0.1) is 13.2 Å². The summed E-state index contributed by atoms with van der Waals surface area (Å²) in [6, 6.07) is 1.73. The Morgan fingerprint density at radius 3 is 2.30 bits per heavy atom. The molecule has 2 amide bonds. The molecule has 7 nitrogen and oxygen atoms in total. The third-order valence-corrected chi connectivity index (χ3v) is 6.35. The van der Waals surface area contributed by atoms with Crippen molar-refractivity contribution in [2.45, 2.75) is 55.1 Å². The zero-order valence-corrected chi connectivity index (χ0v) is 20.5. The molecule has 0 spiro atoms. The number of aromatic nitrogens is 2. The minimum atomic E-state index is -5.05. The van der Waals surface area contributed by atoms with Gasteiger partial charge < -0.3 is 10.1 Å². The fourth-order valence-corrected chi connectivity index (χ4v) is 4.32. The Bertz CT molecular complexity index is 1140. The van der Waals surface area contributed by atoms with Gasteiger partial charge in [-0.2, -0.15) is 0 Å². The van der Waals surface area contributed by atoms with Crippen LogP contribution in [-0.2, 0) is 15.0 Å². The number of rotatable bonds is 7. The number of anilines is 1. The van der Waals surface area contributed by atoms with Crippen molar-refractivity contribution in [1.29, 1.82) is 0 Å². The van der Waals surface area contributed by atoms with Gasteiger partial charge in [0, 0.05) is 42.9 Å². The van der Waals surface area contributed by atoms with Crippen molar-refractivity contribution in [2.75, 3.05) is 4.90 Å². The van der Waals surface area contributed by atoms with Crippen LogP contribution < -0.4 is 15.0 Å². The second-order valence-corrected chi connectivity index (χ2v) is 9.23. The highest BCUT2D eigenvalue weighted by Gasteiger charge is 2.48. The summed E-state index contributed by atoms with van der Waals surface area (Å²) in [6.07, 6.45) is -2.73. The Hall–Kier alpha value is -2.74. The number of halogens is 8. The lowest BCUT2D eigenvalue weighted by Gasteiger charge is -2.42. The summed E-state index contributed by atoms with van der Waals surface area (Å²) in [7, 11) is 1.19. The molecule has 1 saturated carbocycles. The maximum atomic E-state index is 14.2. The first kappa shape index (κ1) is 28.8. The van der Waals surface area contributed by atoms with Crippen LogP contribution in [0.2, 0.25) is 5.02 Å². The van der Waals surface area contributed by atoms with Crippen LogP contribution in [0.1, 0.15) is 31.2 Å². The minimum absolute atomic E-state index is 0.0500. The van der Waals surface area contributed by atoms with Gasteiger partial charge in [0.05, 0.1) is 10.7 Å². The maximum absolute atomic E-state index is 14.2. The van der Waals surface area contributed by atoms with Gasteiger partial charge in [0.1, 0.15) is 17.5 Å². The Kier molecular flexibility index (Phi) is 8.52. The molecule has 0 saturated heterocycles. The fourth-order valence-electron chi connectivity index (χ4n) is 3.97. The molecule has 1 heterocycles. The van der Waals surface area contributed by atoms with Crippen molar-refractivity contribution in [3.63, 3.8) is 0 Å². The average molecular weight is 571 g/mol. The normalized spacial score (nSPS) is 18.4. The molecule has 16 heteroatoms. The third kappa shape index (κ3) is 6.78. The number of alkyl halides is 7. The van der Waals surface area contributed by atoms with Crippen LogP contribution in [0.15, 0.2) is 36.9 Å². The van der Waals surface area contributed by atoms with E-state index in [4.69, 9.17) is 23.2 Å². The van der Waals surface area contributed by atoms with Crippen LogP contribution in [0.3, 0.4) is 0 Å². The number of amides is 2. The van der Waals surface area contributed by atoms with E-state index in [0.29, 0.717) is 4.90 Å². The zero-order valence-electron chi connectivity index (χ0n) is 19.0. The predicted octanol–water partition coefficient (Wildman–Crippen LogP) is 4.08. The number of hydrogen-bond acceptors (Lipinski definition) is 5. The average Bonchev–Trinajstić information content (AvgIpc) is 2.81. The minimum Gasteiger partial charge on any atom is -0.406 e. The second kappa shape index (κ2) is 10.9. The molecular weight excluding hydrogens is 552 g/mol.